The number of thiophene rings is 1. The Labute approximate surface area is 176 Å². The third-order valence-electron chi connectivity index (χ3n) is 4.72. The summed E-state index contributed by atoms with van der Waals surface area (Å²) in [6, 6.07) is 8.11. The van der Waals surface area contributed by atoms with Gasteiger partial charge in [-0.3, -0.25) is 9.59 Å². The molecule has 0 aliphatic heterocycles. The summed E-state index contributed by atoms with van der Waals surface area (Å²) in [5.41, 5.74) is 1.12. The number of carbonyl (C=O) groups excluding carboxylic acids is 2. The Morgan fingerprint density at radius 1 is 1.14 bits per heavy atom. The van der Waals surface area contributed by atoms with Crippen molar-refractivity contribution in [2.75, 3.05) is 18.6 Å². The zero-order valence-electron chi connectivity index (χ0n) is 17.9. The van der Waals surface area contributed by atoms with Crippen LogP contribution in [0.5, 0.6) is 0 Å². The van der Waals surface area contributed by atoms with Gasteiger partial charge < -0.3 is 10.2 Å². The Hall–Kier alpha value is -2.19. The molecule has 1 N–H and O–H groups in total. The number of sulfone groups is 1. The molecule has 1 atom stereocenters. The smallest absolute Gasteiger partial charge is 0.264 e. The number of hydrogen-bond donors (Lipinski definition) is 1. The molecule has 0 fully saturated rings. The van der Waals surface area contributed by atoms with E-state index in [0.29, 0.717) is 9.88 Å². The van der Waals surface area contributed by atoms with Crippen LogP contribution in [0.25, 0.3) is 0 Å². The van der Waals surface area contributed by atoms with E-state index in [1.54, 1.807) is 42.3 Å². The lowest BCUT2D eigenvalue weighted by Gasteiger charge is -2.25. The number of aryl methyl sites for hydroxylation is 1. The number of carbonyl (C=O) groups is 2. The fraction of sp³-hybridized carbons (Fsp3) is 0.429. The van der Waals surface area contributed by atoms with E-state index in [0.717, 1.165) is 17.4 Å². The van der Waals surface area contributed by atoms with Crippen LogP contribution in [0.15, 0.2) is 35.2 Å². The van der Waals surface area contributed by atoms with Crippen LogP contribution in [-0.4, -0.2) is 38.4 Å². The highest BCUT2D eigenvalue weighted by Gasteiger charge is 2.25. The molecule has 2 amide bonds. The maximum absolute atomic E-state index is 13.0. The Balaban J connectivity index is 2.20. The molecule has 0 radical (unpaired) electrons. The van der Waals surface area contributed by atoms with Gasteiger partial charge in [0.1, 0.15) is 0 Å². The second-order valence-electron chi connectivity index (χ2n) is 8.26. The fourth-order valence-electron chi connectivity index (χ4n) is 2.61. The molecule has 29 heavy (non-hydrogen) atoms. The van der Waals surface area contributed by atoms with Gasteiger partial charge in [-0.2, -0.15) is 0 Å². The number of anilines is 1. The zero-order chi connectivity index (χ0) is 22.1. The van der Waals surface area contributed by atoms with E-state index in [9.17, 15) is 18.0 Å². The van der Waals surface area contributed by atoms with Crippen molar-refractivity contribution in [2.24, 2.45) is 5.41 Å². The lowest BCUT2D eigenvalue weighted by molar-refractivity contribution is -0.123. The average molecular weight is 437 g/mol. The van der Waals surface area contributed by atoms with Crippen molar-refractivity contribution in [3.8, 4) is 0 Å². The minimum atomic E-state index is -3.26. The average Bonchev–Trinajstić information content (AvgIpc) is 2.98. The topological polar surface area (TPSA) is 83.6 Å². The van der Waals surface area contributed by atoms with Crippen LogP contribution in [0.1, 0.15) is 54.5 Å². The van der Waals surface area contributed by atoms with Crippen LogP contribution in [0, 0.1) is 12.3 Å². The van der Waals surface area contributed by atoms with Gasteiger partial charge in [-0.05, 0) is 43.2 Å². The third kappa shape index (κ3) is 5.45. The Morgan fingerprint density at radius 2 is 1.69 bits per heavy atom. The van der Waals surface area contributed by atoms with Crippen molar-refractivity contribution in [1.29, 1.82) is 0 Å². The van der Waals surface area contributed by atoms with Gasteiger partial charge in [0.15, 0.2) is 9.84 Å². The molecule has 1 aromatic carbocycles. The molecule has 1 aromatic heterocycles. The first kappa shape index (κ1) is 23.1. The van der Waals surface area contributed by atoms with Crippen molar-refractivity contribution in [1.82, 2.24) is 4.90 Å². The predicted molar refractivity (Wildman–Crippen MR) is 117 cm³/mol. The van der Waals surface area contributed by atoms with Crippen LogP contribution in [-0.2, 0) is 14.6 Å². The highest BCUT2D eigenvalue weighted by atomic mass is 32.2. The molecular formula is C21H28N2O4S2. The van der Waals surface area contributed by atoms with Gasteiger partial charge in [0.05, 0.1) is 20.8 Å². The molecule has 158 valence electrons. The summed E-state index contributed by atoms with van der Waals surface area (Å²) in [6.45, 7) is 9.23. The first-order valence-corrected chi connectivity index (χ1v) is 11.9. The van der Waals surface area contributed by atoms with Crippen LogP contribution in [0.4, 0.5) is 5.00 Å². The zero-order valence-corrected chi connectivity index (χ0v) is 19.5. The summed E-state index contributed by atoms with van der Waals surface area (Å²) in [4.78, 5) is 27.7. The Kier molecular flexibility index (Phi) is 6.59. The van der Waals surface area contributed by atoms with Crippen LogP contribution in [0.2, 0.25) is 0 Å². The highest BCUT2D eigenvalue weighted by molar-refractivity contribution is 7.90. The second-order valence-corrected chi connectivity index (χ2v) is 11.3. The monoisotopic (exact) mass is 436 g/mol. The van der Waals surface area contributed by atoms with Gasteiger partial charge in [-0.1, -0.05) is 32.9 Å². The van der Waals surface area contributed by atoms with Crippen LogP contribution in [0.3, 0.4) is 0 Å². The first-order valence-electron chi connectivity index (χ1n) is 9.21. The molecule has 1 unspecified atom stereocenters. The molecule has 8 heteroatoms. The van der Waals surface area contributed by atoms with Crippen molar-refractivity contribution < 1.29 is 18.0 Å². The van der Waals surface area contributed by atoms with Crippen LogP contribution >= 0.6 is 11.3 Å². The standard InChI is InChI=1S/C21H28N2O4S2/c1-13-12-17(22-20(25)21(3,4)5)28-18(13)19(24)23(6)14(2)15-8-10-16(11-9-15)29(7,26)27/h8-12,14H,1-7H3,(H,22,25). The molecule has 0 saturated carbocycles. The number of nitrogens with one attached hydrogen (secondary N) is 1. The molecule has 1 heterocycles. The SMILES string of the molecule is Cc1cc(NC(=O)C(C)(C)C)sc1C(=O)N(C)C(C)c1ccc(S(C)(=O)=O)cc1. The molecule has 0 spiro atoms. The maximum atomic E-state index is 13.0. The van der Waals surface area contributed by atoms with Crippen LogP contribution < -0.4 is 5.32 Å². The molecule has 0 aliphatic carbocycles. The largest absolute Gasteiger partial charge is 0.334 e. The number of hydrogen-bond acceptors (Lipinski definition) is 5. The third-order valence-corrected chi connectivity index (χ3v) is 6.99. The lowest BCUT2D eigenvalue weighted by Crippen LogP contribution is -2.29. The van der Waals surface area contributed by atoms with Gasteiger partial charge >= 0.3 is 0 Å². The summed E-state index contributed by atoms with van der Waals surface area (Å²) in [7, 11) is -1.55. The minimum Gasteiger partial charge on any atom is -0.334 e. The van der Waals surface area contributed by atoms with Crippen molar-refractivity contribution in [2.45, 2.75) is 45.6 Å². The van der Waals surface area contributed by atoms with E-state index in [4.69, 9.17) is 0 Å². The number of rotatable bonds is 5. The first-order chi connectivity index (χ1) is 13.2. The minimum absolute atomic E-state index is 0.106. The maximum Gasteiger partial charge on any atom is 0.264 e. The second kappa shape index (κ2) is 8.28. The van der Waals surface area contributed by atoms with Gasteiger partial charge in [0, 0.05) is 18.7 Å². The molecule has 6 nitrogen and oxygen atoms in total. The van der Waals surface area contributed by atoms with Gasteiger partial charge in [0.25, 0.3) is 5.91 Å². The van der Waals surface area contributed by atoms with Crippen molar-refractivity contribution in [3.63, 3.8) is 0 Å². The lowest BCUT2D eigenvalue weighted by atomic mass is 9.96. The van der Waals surface area contributed by atoms with Gasteiger partial charge in [-0.15, -0.1) is 11.3 Å². The fourth-order valence-corrected chi connectivity index (χ4v) is 4.29. The van der Waals surface area contributed by atoms with E-state index >= 15 is 0 Å². The van der Waals surface area contributed by atoms with E-state index in [1.165, 1.54) is 11.3 Å². The van der Waals surface area contributed by atoms with Crippen molar-refractivity contribution in [3.05, 3.63) is 46.3 Å². The molecular weight excluding hydrogens is 408 g/mol. The van der Waals surface area contributed by atoms with E-state index in [1.807, 2.05) is 34.6 Å². The van der Waals surface area contributed by atoms with Crippen molar-refractivity contribution >= 4 is 38.0 Å². The van der Waals surface area contributed by atoms with Gasteiger partial charge in [0.2, 0.25) is 5.91 Å². The summed E-state index contributed by atoms with van der Waals surface area (Å²) in [5, 5.41) is 3.51. The van der Waals surface area contributed by atoms with Gasteiger partial charge in [-0.25, -0.2) is 8.42 Å². The Bertz CT molecular complexity index is 1020. The van der Waals surface area contributed by atoms with E-state index in [-0.39, 0.29) is 22.8 Å². The molecule has 0 bridgehead atoms. The van der Waals surface area contributed by atoms with E-state index < -0.39 is 15.3 Å². The predicted octanol–water partition coefficient (Wildman–Crippen LogP) is 4.28. The number of benzene rings is 1. The molecule has 0 aliphatic rings. The number of nitrogens with zero attached hydrogens (tertiary/aromatic N) is 1. The molecule has 0 saturated heterocycles. The quantitative estimate of drug-likeness (QED) is 0.758. The summed E-state index contributed by atoms with van der Waals surface area (Å²) in [6.07, 6.45) is 1.16. The normalized spacial score (nSPS) is 13.1. The number of amides is 2. The summed E-state index contributed by atoms with van der Waals surface area (Å²) in [5.74, 6) is -0.256. The highest BCUT2D eigenvalue weighted by Crippen LogP contribution is 2.31. The molecule has 2 rings (SSSR count). The van der Waals surface area contributed by atoms with E-state index in [2.05, 4.69) is 5.32 Å². The molecule has 2 aromatic rings. The Morgan fingerprint density at radius 3 is 2.17 bits per heavy atom. The summed E-state index contributed by atoms with van der Waals surface area (Å²) >= 11 is 1.26. The summed E-state index contributed by atoms with van der Waals surface area (Å²) < 4.78 is 23.3.